The third-order valence-electron chi connectivity index (χ3n) is 3.22. The number of hydrogen-bond acceptors (Lipinski definition) is 6. The maximum absolute atomic E-state index is 12.2. The Bertz CT molecular complexity index is 786. The van der Waals surface area contributed by atoms with Crippen molar-refractivity contribution in [1.29, 1.82) is 5.26 Å². The molecule has 1 atom stereocenters. The first-order valence-electron chi connectivity index (χ1n) is 8.74. The molecule has 0 saturated heterocycles. The van der Waals surface area contributed by atoms with Gasteiger partial charge in [-0.05, 0) is 58.4 Å². The lowest BCUT2D eigenvalue weighted by molar-refractivity contribution is -0.150. The normalized spacial score (nSPS) is 12.4. The van der Waals surface area contributed by atoms with Crippen LogP contribution in [-0.2, 0) is 14.3 Å². The van der Waals surface area contributed by atoms with Crippen LogP contribution in [0.1, 0.15) is 40.2 Å². The summed E-state index contributed by atoms with van der Waals surface area (Å²) in [6, 6.07) is 7.83. The fraction of sp³-hybridized carbons (Fsp3) is 0.400. The summed E-state index contributed by atoms with van der Waals surface area (Å²) in [6.45, 7) is 8.96. The van der Waals surface area contributed by atoms with Crippen molar-refractivity contribution in [1.82, 2.24) is 10.6 Å². The molecule has 28 heavy (non-hydrogen) atoms. The van der Waals surface area contributed by atoms with Crippen molar-refractivity contribution >= 4 is 24.0 Å². The Morgan fingerprint density at radius 1 is 1.21 bits per heavy atom. The molecule has 0 aliphatic rings. The molecule has 0 aliphatic carbocycles. The van der Waals surface area contributed by atoms with Gasteiger partial charge in [0.1, 0.15) is 17.4 Å². The number of nitrogens with one attached hydrogen (secondary N) is 2. The summed E-state index contributed by atoms with van der Waals surface area (Å²) in [5.74, 6) is -1.09. The smallest absolute Gasteiger partial charge is 0.349 e. The van der Waals surface area contributed by atoms with Crippen LogP contribution in [0.2, 0.25) is 0 Å². The zero-order valence-electron chi connectivity index (χ0n) is 16.7. The minimum Gasteiger partial charge on any atom is -0.494 e. The average molecular weight is 387 g/mol. The maximum Gasteiger partial charge on any atom is 0.349 e. The zero-order chi connectivity index (χ0) is 21.3. The number of nitrogens with zero attached hydrogens (tertiary/aromatic N) is 1. The molecule has 150 valence electrons. The highest BCUT2D eigenvalue weighted by Crippen LogP contribution is 2.15. The minimum absolute atomic E-state index is 0.275. The lowest BCUT2D eigenvalue weighted by Gasteiger charge is -2.21. The van der Waals surface area contributed by atoms with Gasteiger partial charge in [-0.2, -0.15) is 5.26 Å². The van der Waals surface area contributed by atoms with Gasteiger partial charge in [-0.15, -0.1) is 0 Å². The van der Waals surface area contributed by atoms with E-state index < -0.39 is 29.6 Å². The molecule has 0 spiro atoms. The van der Waals surface area contributed by atoms with Crippen LogP contribution in [-0.4, -0.2) is 36.2 Å². The molecule has 8 nitrogen and oxygen atoms in total. The van der Waals surface area contributed by atoms with E-state index in [1.54, 1.807) is 51.1 Å². The number of rotatable bonds is 6. The molecular weight excluding hydrogens is 362 g/mol. The van der Waals surface area contributed by atoms with Crippen molar-refractivity contribution in [3.63, 3.8) is 0 Å². The highest BCUT2D eigenvalue weighted by molar-refractivity contribution is 6.01. The second-order valence-corrected chi connectivity index (χ2v) is 6.91. The molecule has 0 aromatic heterocycles. The monoisotopic (exact) mass is 387 g/mol. The number of hydrogen-bond donors (Lipinski definition) is 2. The molecule has 1 aromatic carbocycles. The van der Waals surface area contributed by atoms with Crippen molar-refractivity contribution in [2.24, 2.45) is 0 Å². The van der Waals surface area contributed by atoms with Gasteiger partial charge >= 0.3 is 12.0 Å². The van der Waals surface area contributed by atoms with Crippen molar-refractivity contribution in [2.75, 3.05) is 6.61 Å². The number of carbonyl (C=O) groups excluding carboxylic acids is 3. The average Bonchev–Trinajstić information content (AvgIpc) is 2.59. The number of urea groups is 1. The van der Waals surface area contributed by atoms with Crippen LogP contribution in [0.5, 0.6) is 5.75 Å². The van der Waals surface area contributed by atoms with Crippen LogP contribution >= 0.6 is 0 Å². The summed E-state index contributed by atoms with van der Waals surface area (Å²) in [7, 11) is 0. The molecule has 0 bridgehead atoms. The van der Waals surface area contributed by atoms with E-state index in [0.717, 1.165) is 0 Å². The van der Waals surface area contributed by atoms with E-state index in [2.05, 4.69) is 10.6 Å². The summed E-state index contributed by atoms with van der Waals surface area (Å²) in [6.07, 6.45) is 0.0879. The highest BCUT2D eigenvalue weighted by Gasteiger charge is 2.23. The van der Waals surface area contributed by atoms with Crippen molar-refractivity contribution in [2.45, 2.75) is 46.3 Å². The Morgan fingerprint density at radius 2 is 1.82 bits per heavy atom. The SMILES string of the molecule is CCOc1ccc(/C=C(\C#N)C(=O)O[C@H](C)C(=O)NC(=O)NC(C)(C)C)cc1. The second-order valence-electron chi connectivity index (χ2n) is 6.91. The summed E-state index contributed by atoms with van der Waals surface area (Å²) in [5, 5.41) is 13.8. The van der Waals surface area contributed by atoms with Gasteiger partial charge in [0.25, 0.3) is 5.91 Å². The van der Waals surface area contributed by atoms with E-state index in [1.165, 1.54) is 13.0 Å². The van der Waals surface area contributed by atoms with Gasteiger partial charge in [-0.3, -0.25) is 10.1 Å². The number of nitriles is 1. The molecule has 0 aliphatic heterocycles. The molecule has 8 heteroatoms. The molecule has 1 rings (SSSR count). The first kappa shape index (κ1) is 22.7. The summed E-state index contributed by atoms with van der Waals surface area (Å²) in [4.78, 5) is 35.8. The van der Waals surface area contributed by atoms with Crippen LogP contribution in [0.25, 0.3) is 6.08 Å². The van der Waals surface area contributed by atoms with Gasteiger partial charge in [0.2, 0.25) is 0 Å². The van der Waals surface area contributed by atoms with Gasteiger partial charge in [0.15, 0.2) is 6.10 Å². The van der Waals surface area contributed by atoms with E-state index in [9.17, 15) is 19.6 Å². The fourth-order valence-corrected chi connectivity index (χ4v) is 1.99. The standard InChI is InChI=1S/C20H25N3O5/c1-6-27-16-9-7-14(8-10-16)11-15(12-21)18(25)28-13(2)17(24)22-19(26)23-20(3,4)5/h7-11,13H,6H2,1-5H3,(H2,22,23,24,26)/b15-11+/t13-/m1/s1. The van der Waals surface area contributed by atoms with E-state index in [1.807, 2.05) is 6.92 Å². The number of benzene rings is 1. The van der Waals surface area contributed by atoms with Gasteiger partial charge < -0.3 is 14.8 Å². The topological polar surface area (TPSA) is 118 Å². The van der Waals surface area contributed by atoms with Crippen LogP contribution in [0.15, 0.2) is 29.8 Å². The number of amides is 3. The predicted molar refractivity (Wildman–Crippen MR) is 103 cm³/mol. The van der Waals surface area contributed by atoms with Crippen LogP contribution in [0.4, 0.5) is 4.79 Å². The fourth-order valence-electron chi connectivity index (χ4n) is 1.99. The molecule has 0 unspecified atom stereocenters. The van der Waals surface area contributed by atoms with E-state index in [-0.39, 0.29) is 5.57 Å². The maximum atomic E-state index is 12.2. The Balaban J connectivity index is 2.73. The zero-order valence-corrected chi connectivity index (χ0v) is 16.7. The Hall–Kier alpha value is -3.34. The molecule has 3 amide bonds. The predicted octanol–water partition coefficient (Wildman–Crippen LogP) is 2.55. The molecule has 0 fully saturated rings. The number of imide groups is 1. The van der Waals surface area contributed by atoms with Gasteiger partial charge in [0, 0.05) is 5.54 Å². The Morgan fingerprint density at radius 3 is 2.32 bits per heavy atom. The molecule has 0 heterocycles. The lowest BCUT2D eigenvalue weighted by atomic mass is 10.1. The van der Waals surface area contributed by atoms with Gasteiger partial charge in [0.05, 0.1) is 6.61 Å². The molecule has 2 N–H and O–H groups in total. The highest BCUT2D eigenvalue weighted by atomic mass is 16.5. The molecule has 0 radical (unpaired) electrons. The molecular formula is C20H25N3O5. The van der Waals surface area contributed by atoms with E-state index in [4.69, 9.17) is 9.47 Å². The third kappa shape index (κ3) is 7.91. The van der Waals surface area contributed by atoms with Gasteiger partial charge in [-0.25, -0.2) is 9.59 Å². The Labute approximate surface area is 164 Å². The van der Waals surface area contributed by atoms with Gasteiger partial charge in [-0.1, -0.05) is 12.1 Å². The molecule has 0 saturated carbocycles. The van der Waals surface area contributed by atoms with Crippen molar-refractivity contribution in [3.05, 3.63) is 35.4 Å². The number of ether oxygens (including phenoxy) is 2. The largest absolute Gasteiger partial charge is 0.494 e. The first-order chi connectivity index (χ1) is 13.1. The number of carbonyl (C=O) groups is 3. The Kier molecular flexibility index (Phi) is 8.20. The van der Waals surface area contributed by atoms with E-state index >= 15 is 0 Å². The van der Waals surface area contributed by atoms with Crippen LogP contribution in [0, 0.1) is 11.3 Å². The molecule has 1 aromatic rings. The second kappa shape index (κ2) is 10.1. The quantitative estimate of drug-likeness (QED) is 0.440. The van der Waals surface area contributed by atoms with E-state index in [0.29, 0.717) is 17.9 Å². The number of esters is 1. The van der Waals surface area contributed by atoms with Crippen molar-refractivity contribution in [3.8, 4) is 11.8 Å². The summed E-state index contributed by atoms with van der Waals surface area (Å²) < 4.78 is 10.3. The first-order valence-corrected chi connectivity index (χ1v) is 8.74. The summed E-state index contributed by atoms with van der Waals surface area (Å²) >= 11 is 0. The third-order valence-corrected chi connectivity index (χ3v) is 3.22. The van der Waals surface area contributed by atoms with Crippen LogP contribution in [0.3, 0.4) is 0 Å². The minimum atomic E-state index is -1.25. The van der Waals surface area contributed by atoms with Crippen LogP contribution < -0.4 is 15.4 Å². The summed E-state index contributed by atoms with van der Waals surface area (Å²) in [5.41, 5.74) is -0.208. The lowest BCUT2D eigenvalue weighted by Crippen LogP contribution is -2.50. The van der Waals surface area contributed by atoms with Crippen molar-refractivity contribution < 1.29 is 23.9 Å².